The number of hydrogen-bond donors (Lipinski definition) is 1. The molecule has 1 aromatic carbocycles. The van der Waals surface area contributed by atoms with Gasteiger partial charge >= 0.3 is 12.3 Å². The Morgan fingerprint density at radius 3 is 2.41 bits per heavy atom. The van der Waals surface area contributed by atoms with Crippen LogP contribution in [0.2, 0.25) is 5.02 Å². The van der Waals surface area contributed by atoms with Gasteiger partial charge in [-0.15, -0.1) is 0 Å². The highest BCUT2D eigenvalue weighted by Gasteiger charge is 2.43. The molecule has 200 valence electrons. The molecule has 2 fully saturated rings. The number of amides is 2. The molecular formula is C25H27ClF4N4O3. The predicted octanol–water partition coefficient (Wildman–Crippen LogP) is 5.10. The van der Waals surface area contributed by atoms with Crippen LogP contribution in [0.25, 0.3) is 0 Å². The van der Waals surface area contributed by atoms with Crippen LogP contribution in [0.4, 0.5) is 28.2 Å². The van der Waals surface area contributed by atoms with Crippen molar-refractivity contribution in [2.45, 2.75) is 37.9 Å². The van der Waals surface area contributed by atoms with Gasteiger partial charge in [-0.25, -0.2) is 14.2 Å². The van der Waals surface area contributed by atoms with Gasteiger partial charge in [0.25, 0.3) is 0 Å². The van der Waals surface area contributed by atoms with Gasteiger partial charge in [0.15, 0.2) is 0 Å². The molecule has 4 rings (SSSR count). The average molecular weight is 543 g/mol. The van der Waals surface area contributed by atoms with Crippen molar-refractivity contribution in [1.29, 1.82) is 0 Å². The molecule has 2 amide bonds. The molecule has 2 aliphatic heterocycles. The summed E-state index contributed by atoms with van der Waals surface area (Å²) < 4.78 is 52.6. The topological polar surface area (TPSA) is 77.0 Å². The SMILES string of the molecule is CCN(C(=O)O)[C@@H]1CN(C(=O)C2CCN(c3ccc(C(F)(F)F)cn3)CC2)C[C@H]1c1ccc(Cl)c(F)c1. The van der Waals surface area contributed by atoms with E-state index in [1.165, 1.54) is 23.1 Å². The fourth-order valence-electron chi connectivity index (χ4n) is 5.22. The Kier molecular flexibility index (Phi) is 7.82. The number of hydrogen-bond acceptors (Lipinski definition) is 4. The van der Waals surface area contributed by atoms with E-state index in [0.29, 0.717) is 37.3 Å². The molecule has 2 saturated heterocycles. The van der Waals surface area contributed by atoms with E-state index >= 15 is 0 Å². The Morgan fingerprint density at radius 2 is 1.86 bits per heavy atom. The fraction of sp³-hybridized carbons (Fsp3) is 0.480. The van der Waals surface area contributed by atoms with Gasteiger partial charge in [0.1, 0.15) is 11.6 Å². The van der Waals surface area contributed by atoms with Gasteiger partial charge in [0, 0.05) is 50.8 Å². The standard InChI is InChI=1S/C25H27ClF4N4O3/c1-2-34(24(36)37)21-14-33(13-18(21)16-3-5-19(26)20(27)11-16)23(35)15-7-9-32(10-8-15)22-6-4-17(12-31-22)25(28,29)30/h3-6,11-12,15,18,21H,2,7-10,13-14H2,1H3,(H,36,37)/t18-,21+/m0/s1. The third-order valence-corrected chi connectivity index (χ3v) is 7.51. The van der Waals surface area contributed by atoms with Crippen LogP contribution in [-0.2, 0) is 11.0 Å². The number of nitrogens with zero attached hydrogens (tertiary/aromatic N) is 4. The summed E-state index contributed by atoms with van der Waals surface area (Å²) in [5.74, 6) is -1.02. The summed E-state index contributed by atoms with van der Waals surface area (Å²) in [5, 5.41) is 9.69. The number of piperidine rings is 1. The lowest BCUT2D eigenvalue weighted by Crippen LogP contribution is -2.45. The first-order valence-corrected chi connectivity index (χ1v) is 12.4. The van der Waals surface area contributed by atoms with Gasteiger partial charge in [-0.1, -0.05) is 17.7 Å². The van der Waals surface area contributed by atoms with E-state index in [0.717, 1.165) is 12.3 Å². The number of carboxylic acid groups (broad SMARTS) is 1. The van der Waals surface area contributed by atoms with Crippen LogP contribution < -0.4 is 4.90 Å². The molecule has 0 aliphatic carbocycles. The fourth-order valence-corrected chi connectivity index (χ4v) is 5.34. The molecule has 0 bridgehead atoms. The van der Waals surface area contributed by atoms with Crippen LogP contribution in [0.3, 0.4) is 0 Å². The molecule has 0 saturated carbocycles. The Bertz CT molecular complexity index is 1140. The smallest absolute Gasteiger partial charge is 0.417 e. The number of rotatable bonds is 5. The lowest BCUT2D eigenvalue weighted by molar-refractivity contribution is -0.138. The van der Waals surface area contributed by atoms with Crippen molar-refractivity contribution in [3.8, 4) is 0 Å². The second-order valence-electron chi connectivity index (χ2n) is 9.32. The molecule has 7 nitrogen and oxygen atoms in total. The molecule has 37 heavy (non-hydrogen) atoms. The van der Waals surface area contributed by atoms with E-state index in [4.69, 9.17) is 11.6 Å². The third-order valence-electron chi connectivity index (χ3n) is 7.20. The van der Waals surface area contributed by atoms with Gasteiger partial charge in [-0.05, 0) is 49.6 Å². The van der Waals surface area contributed by atoms with Crippen LogP contribution in [0, 0.1) is 11.7 Å². The summed E-state index contributed by atoms with van der Waals surface area (Å²) in [6.07, 6.45) is -3.79. The number of alkyl halides is 3. The first-order valence-electron chi connectivity index (χ1n) is 12.0. The van der Waals surface area contributed by atoms with Crippen LogP contribution in [0.5, 0.6) is 0 Å². The number of anilines is 1. The first-order chi connectivity index (χ1) is 17.5. The summed E-state index contributed by atoms with van der Waals surface area (Å²) in [5.41, 5.74) is -0.243. The molecule has 1 N–H and O–H groups in total. The zero-order valence-electron chi connectivity index (χ0n) is 20.1. The number of carbonyl (C=O) groups is 2. The number of carbonyl (C=O) groups excluding carboxylic acids is 1. The maximum Gasteiger partial charge on any atom is 0.417 e. The zero-order valence-corrected chi connectivity index (χ0v) is 20.8. The van der Waals surface area contributed by atoms with Crippen molar-refractivity contribution >= 4 is 29.4 Å². The van der Waals surface area contributed by atoms with E-state index in [2.05, 4.69) is 4.98 Å². The largest absolute Gasteiger partial charge is 0.465 e. The van der Waals surface area contributed by atoms with Crippen LogP contribution >= 0.6 is 11.6 Å². The van der Waals surface area contributed by atoms with Gasteiger partial charge in [0.05, 0.1) is 16.6 Å². The van der Waals surface area contributed by atoms with Crippen molar-refractivity contribution in [1.82, 2.24) is 14.8 Å². The number of aromatic nitrogens is 1. The van der Waals surface area contributed by atoms with Crippen molar-refractivity contribution in [3.05, 3.63) is 58.5 Å². The summed E-state index contributed by atoms with van der Waals surface area (Å²) in [4.78, 5) is 34.0. The Morgan fingerprint density at radius 1 is 1.16 bits per heavy atom. The Balaban J connectivity index is 1.45. The molecule has 0 spiro atoms. The maximum absolute atomic E-state index is 14.2. The molecular weight excluding hydrogens is 516 g/mol. The average Bonchev–Trinajstić information content (AvgIpc) is 3.30. The minimum Gasteiger partial charge on any atom is -0.465 e. The first kappa shape index (κ1) is 27.0. The second kappa shape index (κ2) is 10.7. The Labute approximate surface area is 216 Å². The number of pyridine rings is 1. The normalized spacial score (nSPS) is 20.8. The number of likely N-dealkylation sites (N-methyl/N-ethyl adjacent to an activating group) is 1. The molecule has 1 aromatic heterocycles. The molecule has 3 heterocycles. The third kappa shape index (κ3) is 5.76. The number of likely N-dealkylation sites (tertiary alicyclic amines) is 1. The van der Waals surface area contributed by atoms with Crippen molar-refractivity contribution in [2.75, 3.05) is 37.6 Å². The molecule has 2 aliphatic rings. The van der Waals surface area contributed by atoms with Gasteiger partial charge in [-0.3, -0.25) is 4.79 Å². The molecule has 12 heteroatoms. The quantitative estimate of drug-likeness (QED) is 0.532. The maximum atomic E-state index is 14.2. The van der Waals surface area contributed by atoms with Crippen molar-refractivity contribution < 1.29 is 32.3 Å². The lowest BCUT2D eigenvalue weighted by Gasteiger charge is -2.34. The predicted molar refractivity (Wildman–Crippen MR) is 129 cm³/mol. The lowest BCUT2D eigenvalue weighted by atomic mass is 9.93. The highest BCUT2D eigenvalue weighted by molar-refractivity contribution is 6.30. The van der Waals surface area contributed by atoms with Gasteiger partial charge in [-0.2, -0.15) is 13.2 Å². The van der Waals surface area contributed by atoms with Crippen molar-refractivity contribution in [3.63, 3.8) is 0 Å². The van der Waals surface area contributed by atoms with E-state index in [1.807, 2.05) is 4.90 Å². The summed E-state index contributed by atoms with van der Waals surface area (Å²) >= 11 is 5.83. The van der Waals surface area contributed by atoms with Gasteiger partial charge in [0.2, 0.25) is 5.91 Å². The minimum atomic E-state index is -4.46. The second-order valence-corrected chi connectivity index (χ2v) is 9.73. The van der Waals surface area contributed by atoms with E-state index in [1.54, 1.807) is 17.9 Å². The van der Waals surface area contributed by atoms with Crippen LogP contribution in [0.15, 0.2) is 36.5 Å². The number of halogens is 5. The molecule has 0 unspecified atom stereocenters. The summed E-state index contributed by atoms with van der Waals surface area (Å²) in [6, 6.07) is 6.16. The molecule has 2 aromatic rings. The monoisotopic (exact) mass is 542 g/mol. The number of benzene rings is 1. The van der Waals surface area contributed by atoms with E-state index < -0.39 is 35.6 Å². The van der Waals surface area contributed by atoms with E-state index in [-0.39, 0.29) is 36.5 Å². The zero-order chi connectivity index (χ0) is 26.9. The Hall–Kier alpha value is -3.08. The van der Waals surface area contributed by atoms with Crippen molar-refractivity contribution in [2.24, 2.45) is 5.92 Å². The minimum absolute atomic E-state index is 0.0360. The highest BCUT2D eigenvalue weighted by atomic mass is 35.5. The summed E-state index contributed by atoms with van der Waals surface area (Å²) in [6.45, 7) is 3.27. The van der Waals surface area contributed by atoms with Crippen LogP contribution in [-0.4, -0.2) is 70.7 Å². The van der Waals surface area contributed by atoms with E-state index in [9.17, 15) is 32.3 Å². The summed E-state index contributed by atoms with van der Waals surface area (Å²) in [7, 11) is 0. The van der Waals surface area contributed by atoms with Crippen LogP contribution in [0.1, 0.15) is 36.8 Å². The molecule has 2 atom stereocenters. The molecule has 0 radical (unpaired) electrons. The highest BCUT2D eigenvalue weighted by Crippen LogP contribution is 2.35. The van der Waals surface area contributed by atoms with Gasteiger partial charge < -0.3 is 19.8 Å².